The molecule has 9 heteroatoms. The summed E-state index contributed by atoms with van der Waals surface area (Å²) in [5, 5.41) is 0. The van der Waals surface area contributed by atoms with Crippen molar-refractivity contribution in [2.45, 2.75) is 98.1 Å². The van der Waals surface area contributed by atoms with E-state index in [4.69, 9.17) is 22.9 Å². The third-order valence-electron chi connectivity index (χ3n) is 5.30. The fourth-order valence-corrected chi connectivity index (χ4v) is 5.90. The molecule has 0 radical (unpaired) electrons. The Labute approximate surface area is 191 Å². The van der Waals surface area contributed by atoms with Gasteiger partial charge in [0.25, 0.3) is 0 Å². The largest absolute Gasteiger partial charge is 0.486 e. The summed E-state index contributed by atoms with van der Waals surface area (Å²) in [6.45, 7) is 19.8. The highest BCUT2D eigenvalue weighted by Crippen LogP contribution is 2.49. The molecule has 0 spiro atoms. The topological polar surface area (TPSA) is 63.2 Å². The summed E-state index contributed by atoms with van der Waals surface area (Å²) in [5.74, 6) is 2.03. The Kier molecular flexibility index (Phi) is 11.4. The molecule has 1 heterocycles. The first-order valence-corrected chi connectivity index (χ1v) is 16.5. The van der Waals surface area contributed by atoms with Crippen molar-refractivity contribution in [2.24, 2.45) is 0 Å². The first-order chi connectivity index (χ1) is 14.2. The van der Waals surface area contributed by atoms with Gasteiger partial charge in [-0.25, -0.2) is 4.57 Å². The number of phosphoric acid groups is 1. The number of hydrogen-bond acceptors (Lipinski definition) is 6. The van der Waals surface area contributed by atoms with Crippen molar-refractivity contribution in [3.8, 4) is 0 Å². The molecular formula is C22H44BO6PSi. The summed E-state index contributed by atoms with van der Waals surface area (Å²) in [6, 6.07) is 0. The maximum atomic E-state index is 12.4. The Hall–Kier alpha value is -0.208. The quantitative estimate of drug-likeness (QED) is 0.158. The number of phosphoric ester groups is 1. The van der Waals surface area contributed by atoms with Crippen LogP contribution in [-0.2, 0) is 27.4 Å². The lowest BCUT2D eigenvalue weighted by atomic mass is 9.89. The van der Waals surface area contributed by atoms with Crippen molar-refractivity contribution in [1.29, 1.82) is 0 Å². The molecule has 0 bridgehead atoms. The monoisotopic (exact) mass is 474 g/mol. The van der Waals surface area contributed by atoms with E-state index in [0.29, 0.717) is 19.8 Å². The lowest BCUT2D eigenvalue weighted by Crippen LogP contribution is -2.41. The van der Waals surface area contributed by atoms with Gasteiger partial charge in [-0.3, -0.25) is 13.6 Å². The van der Waals surface area contributed by atoms with Crippen molar-refractivity contribution < 1.29 is 27.4 Å². The van der Waals surface area contributed by atoms with E-state index in [2.05, 4.69) is 59.1 Å². The zero-order chi connectivity index (χ0) is 23.8. The summed E-state index contributed by atoms with van der Waals surface area (Å²) in [6.07, 6.45) is 5.77. The molecule has 1 rings (SSSR count). The van der Waals surface area contributed by atoms with Gasteiger partial charge in [0, 0.05) is 0 Å². The van der Waals surface area contributed by atoms with Gasteiger partial charge < -0.3 is 9.31 Å². The van der Waals surface area contributed by atoms with E-state index < -0.39 is 15.9 Å². The number of hydrogen-bond donors (Lipinski definition) is 0. The van der Waals surface area contributed by atoms with Gasteiger partial charge in [-0.15, -0.1) is 0 Å². The smallest absolute Gasteiger partial charge is 0.400 e. The Morgan fingerprint density at radius 2 is 1.52 bits per heavy atom. The summed E-state index contributed by atoms with van der Waals surface area (Å²) in [4.78, 5) is 0. The van der Waals surface area contributed by atoms with Crippen LogP contribution in [0.15, 0.2) is 23.3 Å². The van der Waals surface area contributed by atoms with Crippen LogP contribution in [0.3, 0.4) is 0 Å². The molecule has 1 aliphatic heterocycles. The summed E-state index contributed by atoms with van der Waals surface area (Å²) in [7, 11) is -5.06. The average Bonchev–Trinajstić information content (AvgIpc) is 2.80. The molecule has 0 aliphatic carbocycles. The highest BCUT2D eigenvalue weighted by molar-refractivity contribution is 7.48. The SMILES string of the molecule is CCOP(=O)(OCC)OCCCC/C(=C\[Si](C)(C)C)C/C=C/B1OC(C)(C)C(C)(C)O1. The summed E-state index contributed by atoms with van der Waals surface area (Å²) >= 11 is 0. The number of rotatable bonds is 14. The number of unbranched alkanes of at least 4 members (excludes halogenated alkanes) is 1. The average molecular weight is 474 g/mol. The zero-order valence-corrected chi connectivity index (χ0v) is 23.1. The molecule has 0 amide bonds. The van der Waals surface area contributed by atoms with Crippen molar-refractivity contribution in [3.63, 3.8) is 0 Å². The highest BCUT2D eigenvalue weighted by Gasteiger charge is 2.49. The van der Waals surface area contributed by atoms with E-state index >= 15 is 0 Å². The molecular weight excluding hydrogens is 430 g/mol. The molecule has 0 unspecified atom stereocenters. The minimum Gasteiger partial charge on any atom is -0.400 e. The second kappa shape index (κ2) is 12.3. The minimum atomic E-state index is -3.41. The molecule has 180 valence electrons. The molecule has 1 aliphatic rings. The molecule has 0 N–H and O–H groups in total. The predicted molar refractivity (Wildman–Crippen MR) is 132 cm³/mol. The van der Waals surface area contributed by atoms with Gasteiger partial charge in [-0.05, 0) is 67.2 Å². The van der Waals surface area contributed by atoms with Gasteiger partial charge in [0.1, 0.15) is 0 Å². The van der Waals surface area contributed by atoms with Crippen molar-refractivity contribution in [1.82, 2.24) is 0 Å². The minimum absolute atomic E-state index is 0.301. The Balaban J connectivity index is 2.56. The lowest BCUT2D eigenvalue weighted by molar-refractivity contribution is 0.00578. The van der Waals surface area contributed by atoms with E-state index in [1.165, 1.54) is 5.57 Å². The van der Waals surface area contributed by atoms with E-state index in [9.17, 15) is 4.57 Å². The van der Waals surface area contributed by atoms with Crippen molar-refractivity contribution in [2.75, 3.05) is 19.8 Å². The lowest BCUT2D eigenvalue weighted by Gasteiger charge is -2.32. The Morgan fingerprint density at radius 3 is 2.00 bits per heavy atom. The fraction of sp³-hybridized carbons (Fsp3) is 0.818. The van der Waals surface area contributed by atoms with Crippen molar-refractivity contribution in [3.05, 3.63) is 23.3 Å². The molecule has 31 heavy (non-hydrogen) atoms. The van der Waals surface area contributed by atoms with Crippen LogP contribution < -0.4 is 0 Å². The van der Waals surface area contributed by atoms with Crippen molar-refractivity contribution >= 4 is 23.0 Å². The van der Waals surface area contributed by atoms with Crippen LogP contribution in [0.5, 0.6) is 0 Å². The van der Waals surface area contributed by atoms with Crippen LogP contribution in [0.25, 0.3) is 0 Å². The standard InChI is InChI=1S/C22H44BO6PSi/c1-10-25-30(24,26-11-2)27-18-13-12-15-20(19-31(7,8)9)16-14-17-23-28-21(3,4)22(5,6)29-23/h14,17,19H,10-13,15-16,18H2,1-9H3/b17-14+,20-19+. The zero-order valence-electron chi connectivity index (χ0n) is 21.2. The highest BCUT2D eigenvalue weighted by atomic mass is 31.2. The molecule has 0 saturated carbocycles. The van der Waals surface area contributed by atoms with E-state index in [1.54, 1.807) is 13.8 Å². The second-order valence-corrected chi connectivity index (χ2v) is 16.7. The van der Waals surface area contributed by atoms with Crippen LogP contribution >= 0.6 is 7.82 Å². The van der Waals surface area contributed by atoms with Crippen LogP contribution in [-0.4, -0.2) is 46.2 Å². The summed E-state index contributed by atoms with van der Waals surface area (Å²) in [5.41, 5.74) is 3.25. The molecule has 0 aromatic carbocycles. The Morgan fingerprint density at radius 1 is 0.968 bits per heavy atom. The first kappa shape index (κ1) is 28.8. The molecule has 0 aromatic heterocycles. The van der Waals surface area contributed by atoms with Crippen LogP contribution in [0, 0.1) is 0 Å². The molecule has 0 aromatic rings. The normalized spacial score (nSPS) is 19.5. The maximum Gasteiger partial charge on any atom is 0.486 e. The van der Waals surface area contributed by atoms with Gasteiger partial charge in [-0.2, -0.15) is 0 Å². The van der Waals surface area contributed by atoms with Crippen LogP contribution in [0.4, 0.5) is 0 Å². The van der Waals surface area contributed by atoms with Crippen LogP contribution in [0.2, 0.25) is 19.6 Å². The fourth-order valence-electron chi connectivity index (χ4n) is 3.20. The second-order valence-electron chi connectivity index (χ2n) is 10.00. The van der Waals surface area contributed by atoms with Gasteiger partial charge in [0.15, 0.2) is 0 Å². The van der Waals surface area contributed by atoms with Crippen LogP contribution in [0.1, 0.15) is 67.2 Å². The number of allylic oxidation sites excluding steroid dienone is 2. The van der Waals surface area contributed by atoms with Gasteiger partial charge in [0.05, 0.1) is 39.1 Å². The third kappa shape index (κ3) is 10.5. The van der Waals surface area contributed by atoms with Gasteiger partial charge in [0.2, 0.25) is 0 Å². The van der Waals surface area contributed by atoms with E-state index in [0.717, 1.165) is 25.7 Å². The summed E-state index contributed by atoms with van der Waals surface area (Å²) < 4.78 is 40.2. The van der Waals surface area contributed by atoms with Gasteiger partial charge in [-0.1, -0.05) is 43.0 Å². The predicted octanol–water partition coefficient (Wildman–Crippen LogP) is 6.74. The molecule has 0 atom stereocenters. The third-order valence-corrected chi connectivity index (χ3v) is 8.22. The first-order valence-electron chi connectivity index (χ1n) is 11.5. The molecule has 1 fully saturated rings. The van der Waals surface area contributed by atoms with E-state index in [-0.39, 0.29) is 18.3 Å². The molecule has 6 nitrogen and oxygen atoms in total. The van der Waals surface area contributed by atoms with Gasteiger partial charge >= 0.3 is 14.9 Å². The van der Waals surface area contributed by atoms with E-state index in [1.807, 2.05) is 5.98 Å². The maximum absolute atomic E-state index is 12.4. The Bertz CT molecular complexity index is 631. The molecule has 1 saturated heterocycles.